The zero-order valence-corrected chi connectivity index (χ0v) is 11.3. The molecular weight excluding hydrogens is 270 g/mol. The lowest BCUT2D eigenvalue weighted by Crippen LogP contribution is -2.38. The van der Waals surface area contributed by atoms with E-state index in [2.05, 4.69) is 5.32 Å². The topological polar surface area (TPSA) is 75.6 Å². The Bertz CT molecular complexity index is 450. The number of carboxylic acids is 1. The molecular formula is C13H16ClNO4. The second kappa shape index (κ2) is 7.63. The van der Waals surface area contributed by atoms with Crippen LogP contribution in [0.3, 0.4) is 0 Å². The predicted octanol–water partition coefficient (Wildman–Crippen LogP) is 2.09. The number of ether oxygens (including phenoxy) is 1. The molecule has 1 aromatic rings. The van der Waals surface area contributed by atoms with Crippen LogP contribution >= 0.6 is 11.6 Å². The van der Waals surface area contributed by atoms with Crippen molar-refractivity contribution in [3.05, 3.63) is 29.3 Å². The summed E-state index contributed by atoms with van der Waals surface area (Å²) in [5, 5.41) is 11.7. The van der Waals surface area contributed by atoms with Crippen molar-refractivity contribution < 1.29 is 19.4 Å². The van der Waals surface area contributed by atoms with E-state index in [1.54, 1.807) is 24.3 Å². The molecule has 0 aliphatic carbocycles. The zero-order valence-electron chi connectivity index (χ0n) is 10.6. The zero-order chi connectivity index (χ0) is 14.3. The minimum atomic E-state index is -0.945. The van der Waals surface area contributed by atoms with Crippen LogP contribution in [0, 0.1) is 0 Å². The number of aliphatic carboxylic acids is 1. The van der Waals surface area contributed by atoms with Crippen LogP contribution in [0.1, 0.15) is 19.8 Å². The van der Waals surface area contributed by atoms with Crippen LogP contribution in [0.15, 0.2) is 24.3 Å². The lowest BCUT2D eigenvalue weighted by atomic mass is 10.1. The van der Waals surface area contributed by atoms with Gasteiger partial charge in [-0.15, -0.1) is 0 Å². The molecule has 0 fully saturated rings. The van der Waals surface area contributed by atoms with Gasteiger partial charge in [0.2, 0.25) is 0 Å². The monoisotopic (exact) mass is 285 g/mol. The van der Waals surface area contributed by atoms with E-state index in [4.69, 9.17) is 21.4 Å². The lowest BCUT2D eigenvalue weighted by molar-refractivity contribution is -0.137. The van der Waals surface area contributed by atoms with Crippen LogP contribution in [0.25, 0.3) is 0 Å². The van der Waals surface area contributed by atoms with Crippen molar-refractivity contribution in [1.82, 2.24) is 5.32 Å². The SMILES string of the molecule is CCC(CC(=O)O)NC(=O)COc1ccccc1Cl. The highest BCUT2D eigenvalue weighted by Crippen LogP contribution is 2.22. The molecule has 1 aromatic carbocycles. The van der Waals surface area contributed by atoms with Crippen LogP contribution in [-0.4, -0.2) is 29.6 Å². The Kier molecular flexibility index (Phi) is 6.15. The predicted molar refractivity (Wildman–Crippen MR) is 71.4 cm³/mol. The molecule has 0 aromatic heterocycles. The van der Waals surface area contributed by atoms with Gasteiger partial charge in [-0.3, -0.25) is 9.59 Å². The first-order valence-electron chi connectivity index (χ1n) is 5.91. The quantitative estimate of drug-likeness (QED) is 0.804. The first-order chi connectivity index (χ1) is 9.02. The van der Waals surface area contributed by atoms with Crippen LogP contribution in [0.2, 0.25) is 5.02 Å². The number of halogens is 1. The Morgan fingerprint density at radius 1 is 1.42 bits per heavy atom. The molecule has 1 atom stereocenters. The molecule has 6 heteroatoms. The molecule has 1 amide bonds. The maximum Gasteiger partial charge on any atom is 0.305 e. The van der Waals surface area contributed by atoms with Crippen molar-refractivity contribution in [1.29, 1.82) is 0 Å². The highest BCUT2D eigenvalue weighted by Gasteiger charge is 2.14. The molecule has 0 bridgehead atoms. The minimum absolute atomic E-state index is 0.103. The second-order valence-corrected chi connectivity index (χ2v) is 4.40. The molecule has 0 spiro atoms. The fourth-order valence-electron chi connectivity index (χ4n) is 1.48. The summed E-state index contributed by atoms with van der Waals surface area (Å²) in [6.07, 6.45) is 0.443. The van der Waals surface area contributed by atoms with Crippen molar-refractivity contribution in [2.45, 2.75) is 25.8 Å². The number of amides is 1. The van der Waals surface area contributed by atoms with E-state index >= 15 is 0 Å². The molecule has 0 saturated carbocycles. The van der Waals surface area contributed by atoms with Crippen molar-refractivity contribution >= 4 is 23.5 Å². The van der Waals surface area contributed by atoms with Gasteiger partial charge in [0.05, 0.1) is 11.4 Å². The fourth-order valence-corrected chi connectivity index (χ4v) is 1.67. The number of benzene rings is 1. The Morgan fingerprint density at radius 2 is 2.11 bits per heavy atom. The summed E-state index contributed by atoms with van der Waals surface area (Å²) in [6.45, 7) is 1.61. The molecule has 104 valence electrons. The third-order valence-corrected chi connectivity index (χ3v) is 2.79. The number of rotatable bonds is 7. The molecule has 2 N–H and O–H groups in total. The van der Waals surface area contributed by atoms with E-state index in [0.717, 1.165) is 0 Å². The van der Waals surface area contributed by atoms with E-state index in [1.165, 1.54) is 0 Å². The molecule has 19 heavy (non-hydrogen) atoms. The fraction of sp³-hybridized carbons (Fsp3) is 0.385. The lowest BCUT2D eigenvalue weighted by Gasteiger charge is -2.15. The van der Waals surface area contributed by atoms with Crippen molar-refractivity contribution in [3.8, 4) is 5.75 Å². The average molecular weight is 286 g/mol. The summed E-state index contributed by atoms with van der Waals surface area (Å²) >= 11 is 5.88. The number of carbonyl (C=O) groups excluding carboxylic acids is 1. The van der Waals surface area contributed by atoms with Gasteiger partial charge in [-0.1, -0.05) is 30.7 Å². The van der Waals surface area contributed by atoms with Crippen LogP contribution < -0.4 is 10.1 Å². The van der Waals surface area contributed by atoms with Gasteiger partial charge in [0, 0.05) is 6.04 Å². The summed E-state index contributed by atoms with van der Waals surface area (Å²) < 4.78 is 5.26. The van der Waals surface area contributed by atoms with Crippen molar-refractivity contribution in [2.75, 3.05) is 6.61 Å². The highest BCUT2D eigenvalue weighted by molar-refractivity contribution is 6.32. The highest BCUT2D eigenvalue weighted by atomic mass is 35.5. The molecule has 0 radical (unpaired) electrons. The normalized spacial score (nSPS) is 11.7. The molecule has 0 heterocycles. The van der Waals surface area contributed by atoms with Crippen LogP contribution in [0.5, 0.6) is 5.75 Å². The average Bonchev–Trinajstić information content (AvgIpc) is 2.36. The smallest absolute Gasteiger partial charge is 0.305 e. The summed E-state index contributed by atoms with van der Waals surface area (Å²) in [5.41, 5.74) is 0. The Morgan fingerprint density at radius 3 is 2.68 bits per heavy atom. The van der Waals surface area contributed by atoms with Gasteiger partial charge in [0.25, 0.3) is 5.91 Å². The van der Waals surface area contributed by atoms with Crippen molar-refractivity contribution in [3.63, 3.8) is 0 Å². The second-order valence-electron chi connectivity index (χ2n) is 3.99. The molecule has 1 unspecified atom stereocenters. The molecule has 5 nitrogen and oxygen atoms in total. The third kappa shape index (κ3) is 5.61. The third-order valence-electron chi connectivity index (χ3n) is 2.47. The van der Waals surface area contributed by atoms with Gasteiger partial charge in [-0.25, -0.2) is 0 Å². The van der Waals surface area contributed by atoms with E-state index in [0.29, 0.717) is 17.2 Å². The van der Waals surface area contributed by atoms with Crippen molar-refractivity contribution in [2.24, 2.45) is 0 Å². The molecule has 0 aliphatic heterocycles. The minimum Gasteiger partial charge on any atom is -0.482 e. The Labute approximate surface area is 116 Å². The van der Waals surface area contributed by atoms with Gasteiger partial charge < -0.3 is 15.2 Å². The number of carbonyl (C=O) groups is 2. The summed E-state index contributed by atoms with van der Waals surface area (Å²) in [4.78, 5) is 22.2. The standard InChI is InChI=1S/C13H16ClNO4/c1-2-9(7-13(17)18)15-12(16)8-19-11-6-4-3-5-10(11)14/h3-6,9H,2,7-8H2,1H3,(H,15,16)(H,17,18). The largest absolute Gasteiger partial charge is 0.482 e. The maximum absolute atomic E-state index is 11.6. The number of carboxylic acid groups (broad SMARTS) is 1. The molecule has 0 saturated heterocycles. The van der Waals surface area contributed by atoms with Gasteiger partial charge in [0.15, 0.2) is 6.61 Å². The van der Waals surface area contributed by atoms with E-state index in [-0.39, 0.29) is 25.0 Å². The number of hydrogen-bond acceptors (Lipinski definition) is 3. The summed E-state index contributed by atoms with van der Waals surface area (Å²) in [7, 11) is 0. The summed E-state index contributed by atoms with van der Waals surface area (Å²) in [5.74, 6) is -0.891. The molecule has 0 aliphatic rings. The van der Waals surface area contributed by atoms with Gasteiger partial charge in [-0.05, 0) is 18.6 Å². The number of hydrogen-bond donors (Lipinski definition) is 2. The molecule has 1 rings (SSSR count). The van der Waals surface area contributed by atoms with E-state index in [1.807, 2.05) is 6.92 Å². The number of para-hydroxylation sites is 1. The van der Waals surface area contributed by atoms with Gasteiger partial charge in [-0.2, -0.15) is 0 Å². The van der Waals surface area contributed by atoms with Gasteiger partial charge >= 0.3 is 5.97 Å². The first kappa shape index (κ1) is 15.3. The van der Waals surface area contributed by atoms with E-state index in [9.17, 15) is 9.59 Å². The van der Waals surface area contributed by atoms with Crippen LogP contribution in [0.4, 0.5) is 0 Å². The van der Waals surface area contributed by atoms with E-state index < -0.39 is 5.97 Å². The Hall–Kier alpha value is -1.75. The first-order valence-corrected chi connectivity index (χ1v) is 6.29. The maximum atomic E-state index is 11.6. The Balaban J connectivity index is 2.43. The summed E-state index contributed by atoms with van der Waals surface area (Å²) in [6, 6.07) is 6.44. The van der Waals surface area contributed by atoms with Crippen LogP contribution in [-0.2, 0) is 9.59 Å². The number of nitrogens with one attached hydrogen (secondary N) is 1. The van der Waals surface area contributed by atoms with Gasteiger partial charge in [0.1, 0.15) is 5.75 Å².